The Morgan fingerprint density at radius 3 is 2.55 bits per heavy atom. The van der Waals surface area contributed by atoms with Gasteiger partial charge < -0.3 is 10.2 Å². The van der Waals surface area contributed by atoms with Crippen LogP contribution in [0.1, 0.15) is 39.5 Å². The highest BCUT2D eigenvalue weighted by atomic mass is 16.2. The number of nitriles is 1. The Bertz CT molecular complexity index is 318. The van der Waals surface area contributed by atoms with E-state index in [0.29, 0.717) is 13.1 Å². The van der Waals surface area contributed by atoms with Crippen molar-refractivity contribution in [3.05, 3.63) is 0 Å². The van der Waals surface area contributed by atoms with Gasteiger partial charge in [-0.2, -0.15) is 5.26 Å². The summed E-state index contributed by atoms with van der Waals surface area (Å²) in [6.45, 7) is 8.65. The minimum absolute atomic E-state index is 0.174. The number of hydrogen-bond acceptors (Lipinski definition) is 4. The topological polar surface area (TPSA) is 59.4 Å². The summed E-state index contributed by atoms with van der Waals surface area (Å²) in [7, 11) is 0. The second kappa shape index (κ2) is 9.73. The second-order valence-corrected chi connectivity index (χ2v) is 5.41. The Morgan fingerprint density at radius 1 is 1.35 bits per heavy atom. The fraction of sp³-hybridized carbons (Fsp3) is 0.867. The lowest BCUT2D eigenvalue weighted by Crippen LogP contribution is -2.54. The van der Waals surface area contributed by atoms with E-state index < -0.39 is 0 Å². The number of carbonyl (C=O) groups is 1. The second-order valence-electron chi connectivity index (χ2n) is 5.41. The average Bonchev–Trinajstić information content (AvgIpc) is 2.47. The fourth-order valence-electron chi connectivity index (χ4n) is 2.40. The maximum absolute atomic E-state index is 12.4. The monoisotopic (exact) mass is 280 g/mol. The van der Waals surface area contributed by atoms with E-state index >= 15 is 0 Å². The van der Waals surface area contributed by atoms with E-state index in [1.54, 1.807) is 0 Å². The molecular weight excluding hydrogens is 252 g/mol. The van der Waals surface area contributed by atoms with E-state index in [1.807, 2.05) is 9.80 Å². The van der Waals surface area contributed by atoms with Gasteiger partial charge >= 0.3 is 0 Å². The first-order valence-corrected chi connectivity index (χ1v) is 7.85. The Kier molecular flexibility index (Phi) is 8.24. The summed E-state index contributed by atoms with van der Waals surface area (Å²) in [6.07, 6.45) is 4.31. The van der Waals surface area contributed by atoms with Gasteiger partial charge in [0.2, 0.25) is 5.91 Å². The number of nitrogens with zero attached hydrogens (tertiary/aromatic N) is 3. The standard InChI is InChI=1S/C15H28N4O/c1-3-5-8-18(9-6-4-2)15(20)13-19-10-7-17-12-14(19)11-16/h14,17H,3-10,12-13H2,1-2H3. The maximum atomic E-state index is 12.4. The van der Waals surface area contributed by atoms with Gasteiger partial charge in [0.05, 0.1) is 12.6 Å². The third-order valence-corrected chi connectivity index (χ3v) is 3.76. The molecule has 0 spiro atoms. The fourth-order valence-corrected chi connectivity index (χ4v) is 2.40. The summed E-state index contributed by atoms with van der Waals surface area (Å²) in [4.78, 5) is 16.4. The van der Waals surface area contributed by atoms with E-state index in [-0.39, 0.29) is 11.9 Å². The molecule has 0 aromatic heterocycles. The summed E-state index contributed by atoms with van der Waals surface area (Å²) >= 11 is 0. The molecule has 1 heterocycles. The number of amides is 1. The molecule has 1 saturated heterocycles. The average molecular weight is 280 g/mol. The van der Waals surface area contributed by atoms with E-state index in [2.05, 4.69) is 25.2 Å². The third-order valence-electron chi connectivity index (χ3n) is 3.76. The Labute approximate surface area is 122 Å². The molecule has 0 bridgehead atoms. The minimum atomic E-state index is -0.174. The third kappa shape index (κ3) is 5.48. The molecule has 1 unspecified atom stereocenters. The molecule has 0 aromatic carbocycles. The molecule has 1 rings (SSSR count). The predicted octanol–water partition coefficient (Wildman–Crippen LogP) is 1.21. The number of piperazine rings is 1. The van der Waals surface area contributed by atoms with Crippen molar-refractivity contribution in [3.63, 3.8) is 0 Å². The van der Waals surface area contributed by atoms with Crippen LogP contribution in [0.5, 0.6) is 0 Å². The molecule has 114 valence electrons. The van der Waals surface area contributed by atoms with Crippen molar-refractivity contribution in [2.45, 2.75) is 45.6 Å². The van der Waals surface area contributed by atoms with Crippen LogP contribution in [-0.4, -0.2) is 61.0 Å². The van der Waals surface area contributed by atoms with Crippen molar-refractivity contribution in [2.24, 2.45) is 0 Å². The van der Waals surface area contributed by atoms with E-state index in [0.717, 1.165) is 51.9 Å². The van der Waals surface area contributed by atoms with Gasteiger partial charge in [0.15, 0.2) is 0 Å². The van der Waals surface area contributed by atoms with Crippen molar-refractivity contribution in [1.29, 1.82) is 5.26 Å². The predicted molar refractivity (Wildman–Crippen MR) is 80.2 cm³/mol. The Balaban J connectivity index is 2.52. The van der Waals surface area contributed by atoms with Gasteiger partial charge in [0.25, 0.3) is 0 Å². The smallest absolute Gasteiger partial charge is 0.236 e. The van der Waals surface area contributed by atoms with Gasteiger partial charge in [0.1, 0.15) is 6.04 Å². The number of unbranched alkanes of at least 4 members (excludes halogenated alkanes) is 2. The van der Waals surface area contributed by atoms with Crippen molar-refractivity contribution in [1.82, 2.24) is 15.1 Å². The summed E-state index contributed by atoms with van der Waals surface area (Å²) < 4.78 is 0. The van der Waals surface area contributed by atoms with Gasteiger partial charge in [-0.25, -0.2) is 0 Å². The molecule has 5 heteroatoms. The van der Waals surface area contributed by atoms with Gasteiger partial charge in [0, 0.05) is 32.7 Å². The molecule has 1 fully saturated rings. The zero-order valence-corrected chi connectivity index (χ0v) is 12.9. The lowest BCUT2D eigenvalue weighted by Gasteiger charge is -2.33. The first kappa shape index (κ1) is 16.9. The van der Waals surface area contributed by atoms with Gasteiger partial charge in [-0.1, -0.05) is 26.7 Å². The van der Waals surface area contributed by atoms with Gasteiger partial charge in [-0.15, -0.1) is 0 Å². The molecule has 1 amide bonds. The van der Waals surface area contributed by atoms with Crippen molar-refractivity contribution < 1.29 is 4.79 Å². The van der Waals surface area contributed by atoms with E-state index in [9.17, 15) is 4.79 Å². The highest BCUT2D eigenvalue weighted by Crippen LogP contribution is 2.06. The quantitative estimate of drug-likeness (QED) is 0.726. The van der Waals surface area contributed by atoms with Crippen molar-refractivity contribution in [2.75, 3.05) is 39.3 Å². The van der Waals surface area contributed by atoms with Crippen LogP contribution < -0.4 is 5.32 Å². The van der Waals surface area contributed by atoms with Crippen LogP contribution >= 0.6 is 0 Å². The summed E-state index contributed by atoms with van der Waals surface area (Å²) in [6, 6.07) is 2.10. The van der Waals surface area contributed by atoms with Crippen LogP contribution in [-0.2, 0) is 4.79 Å². The number of rotatable bonds is 8. The number of carbonyl (C=O) groups excluding carboxylic acids is 1. The summed E-state index contributed by atoms with van der Waals surface area (Å²) in [5.74, 6) is 0.175. The summed E-state index contributed by atoms with van der Waals surface area (Å²) in [5, 5.41) is 12.3. The molecule has 1 aliphatic heterocycles. The molecular formula is C15H28N4O. The zero-order valence-electron chi connectivity index (χ0n) is 12.9. The lowest BCUT2D eigenvalue weighted by molar-refractivity contribution is -0.133. The molecule has 5 nitrogen and oxygen atoms in total. The summed E-state index contributed by atoms with van der Waals surface area (Å²) in [5.41, 5.74) is 0. The van der Waals surface area contributed by atoms with Crippen molar-refractivity contribution >= 4 is 5.91 Å². The Hall–Kier alpha value is -1.12. The van der Waals surface area contributed by atoms with E-state index in [1.165, 1.54) is 0 Å². The molecule has 1 atom stereocenters. The minimum Gasteiger partial charge on any atom is -0.342 e. The zero-order chi connectivity index (χ0) is 14.8. The molecule has 0 aliphatic carbocycles. The van der Waals surface area contributed by atoms with Crippen LogP contribution in [0, 0.1) is 11.3 Å². The molecule has 1 aliphatic rings. The van der Waals surface area contributed by atoms with Gasteiger partial charge in [-0.3, -0.25) is 9.69 Å². The largest absolute Gasteiger partial charge is 0.342 e. The van der Waals surface area contributed by atoms with Gasteiger partial charge in [-0.05, 0) is 12.8 Å². The van der Waals surface area contributed by atoms with Crippen LogP contribution in [0.2, 0.25) is 0 Å². The maximum Gasteiger partial charge on any atom is 0.236 e. The Morgan fingerprint density at radius 2 is 2.00 bits per heavy atom. The molecule has 1 N–H and O–H groups in total. The highest BCUT2D eigenvalue weighted by molar-refractivity contribution is 5.78. The van der Waals surface area contributed by atoms with Crippen molar-refractivity contribution in [3.8, 4) is 6.07 Å². The molecule has 0 aromatic rings. The first-order valence-electron chi connectivity index (χ1n) is 7.85. The molecule has 0 radical (unpaired) electrons. The lowest BCUT2D eigenvalue weighted by atomic mass is 10.2. The van der Waals surface area contributed by atoms with Crippen LogP contribution in [0.15, 0.2) is 0 Å². The normalized spacial score (nSPS) is 19.6. The molecule has 0 saturated carbocycles. The van der Waals surface area contributed by atoms with Crippen LogP contribution in [0.25, 0.3) is 0 Å². The number of nitrogens with one attached hydrogen (secondary N) is 1. The van der Waals surface area contributed by atoms with Crippen LogP contribution in [0.4, 0.5) is 0 Å². The number of hydrogen-bond donors (Lipinski definition) is 1. The van der Waals surface area contributed by atoms with Crippen LogP contribution in [0.3, 0.4) is 0 Å². The SMILES string of the molecule is CCCCN(CCCC)C(=O)CN1CCNCC1C#N. The molecule has 20 heavy (non-hydrogen) atoms. The first-order chi connectivity index (χ1) is 9.72. The highest BCUT2D eigenvalue weighted by Gasteiger charge is 2.25. The van der Waals surface area contributed by atoms with E-state index in [4.69, 9.17) is 5.26 Å².